The maximum atomic E-state index is 5.59. The number of hydrogen-bond donors (Lipinski definition) is 1. The number of furan rings is 1. The molecule has 0 atom stereocenters. The van der Waals surface area contributed by atoms with Gasteiger partial charge in [-0.1, -0.05) is 13.8 Å². The Morgan fingerprint density at radius 3 is 2.95 bits per heavy atom. The van der Waals surface area contributed by atoms with Gasteiger partial charge in [-0.2, -0.15) is 0 Å². The molecule has 0 saturated heterocycles. The average Bonchev–Trinajstić information content (AvgIpc) is 2.98. The third-order valence-corrected chi connectivity index (χ3v) is 3.40. The minimum Gasteiger partial charge on any atom is -0.468 e. The lowest BCUT2D eigenvalue weighted by Gasteiger charge is -2.12. The summed E-state index contributed by atoms with van der Waals surface area (Å²) in [6.45, 7) is 6.80. The Hall–Kier alpha value is -1.17. The number of aromatic nitrogens is 1. The minimum atomic E-state index is 0.491. The second kappa shape index (κ2) is 6.84. The van der Waals surface area contributed by atoms with Crippen LogP contribution in [-0.4, -0.2) is 23.0 Å². The summed E-state index contributed by atoms with van der Waals surface area (Å²) >= 11 is 1.63. The fourth-order valence-electron chi connectivity index (χ4n) is 1.84. The molecule has 0 bridgehead atoms. The summed E-state index contributed by atoms with van der Waals surface area (Å²) in [5.41, 5.74) is 4.18. The van der Waals surface area contributed by atoms with Crippen LogP contribution in [0.1, 0.15) is 30.9 Å². The van der Waals surface area contributed by atoms with Crippen molar-refractivity contribution in [3.8, 4) is 0 Å². The van der Waals surface area contributed by atoms with Gasteiger partial charge in [0.15, 0.2) is 0 Å². The molecule has 104 valence electrons. The van der Waals surface area contributed by atoms with Gasteiger partial charge in [-0.3, -0.25) is 4.90 Å². The van der Waals surface area contributed by atoms with Gasteiger partial charge in [-0.15, -0.1) is 11.3 Å². The highest BCUT2D eigenvalue weighted by Crippen LogP contribution is 2.12. The smallest absolute Gasteiger partial charge is 0.118 e. The quantitative estimate of drug-likeness (QED) is 0.846. The fraction of sp³-hybridized carbons (Fsp3) is 0.500. The molecule has 0 aromatic carbocycles. The second-order valence-electron chi connectivity index (χ2n) is 5.11. The van der Waals surface area contributed by atoms with Crippen LogP contribution in [0.2, 0.25) is 0 Å². The highest BCUT2D eigenvalue weighted by atomic mass is 32.1. The van der Waals surface area contributed by atoms with Gasteiger partial charge in [0, 0.05) is 30.1 Å². The molecular weight excluding hydrogens is 258 g/mol. The van der Waals surface area contributed by atoms with Gasteiger partial charge in [-0.05, 0) is 13.1 Å². The Balaban J connectivity index is 1.82. The Morgan fingerprint density at radius 2 is 2.26 bits per heavy atom. The molecule has 2 aromatic heterocycles. The largest absolute Gasteiger partial charge is 0.468 e. The molecule has 4 nitrogen and oxygen atoms in total. The number of nitrogens with zero attached hydrogens (tertiary/aromatic N) is 2. The van der Waals surface area contributed by atoms with Crippen molar-refractivity contribution in [3.63, 3.8) is 0 Å². The van der Waals surface area contributed by atoms with Crippen molar-refractivity contribution in [2.45, 2.75) is 39.5 Å². The molecular formula is C14H21N3OS. The van der Waals surface area contributed by atoms with E-state index in [1.165, 1.54) is 5.56 Å². The van der Waals surface area contributed by atoms with Crippen molar-refractivity contribution in [1.82, 2.24) is 15.2 Å². The normalized spacial score (nSPS) is 11.6. The molecule has 2 aromatic rings. The molecule has 2 heterocycles. The van der Waals surface area contributed by atoms with Crippen molar-refractivity contribution in [2.75, 3.05) is 7.05 Å². The highest BCUT2D eigenvalue weighted by Gasteiger charge is 2.07. The lowest BCUT2D eigenvalue weighted by molar-refractivity contribution is 0.285. The van der Waals surface area contributed by atoms with E-state index in [2.05, 4.69) is 47.5 Å². The van der Waals surface area contributed by atoms with E-state index in [9.17, 15) is 0 Å². The zero-order chi connectivity index (χ0) is 13.7. The van der Waals surface area contributed by atoms with E-state index >= 15 is 0 Å². The summed E-state index contributed by atoms with van der Waals surface area (Å²) in [5, 5.41) is 5.46. The summed E-state index contributed by atoms with van der Waals surface area (Å²) < 4.78 is 5.59. The average molecular weight is 279 g/mol. The molecule has 0 aliphatic rings. The zero-order valence-electron chi connectivity index (χ0n) is 11.7. The van der Waals surface area contributed by atoms with E-state index in [4.69, 9.17) is 4.42 Å². The number of hydrogen-bond acceptors (Lipinski definition) is 5. The van der Waals surface area contributed by atoms with Crippen LogP contribution in [-0.2, 0) is 19.6 Å². The summed E-state index contributed by atoms with van der Waals surface area (Å²) in [6.07, 6.45) is 1.83. The summed E-state index contributed by atoms with van der Waals surface area (Å²) in [7, 11) is 2.08. The van der Waals surface area contributed by atoms with Crippen molar-refractivity contribution < 1.29 is 4.42 Å². The Morgan fingerprint density at radius 1 is 1.42 bits per heavy atom. The Bertz CT molecular complexity index is 479. The van der Waals surface area contributed by atoms with Gasteiger partial charge in [0.1, 0.15) is 5.76 Å². The van der Waals surface area contributed by atoms with E-state index in [1.807, 2.05) is 11.8 Å². The van der Waals surface area contributed by atoms with E-state index in [0.29, 0.717) is 6.04 Å². The summed E-state index contributed by atoms with van der Waals surface area (Å²) in [4.78, 5) is 6.49. The molecule has 5 heteroatoms. The first-order valence-electron chi connectivity index (χ1n) is 6.48. The minimum absolute atomic E-state index is 0.491. The Kier molecular flexibility index (Phi) is 5.13. The van der Waals surface area contributed by atoms with Crippen LogP contribution in [0.25, 0.3) is 0 Å². The van der Waals surface area contributed by atoms with Gasteiger partial charge >= 0.3 is 0 Å². The van der Waals surface area contributed by atoms with E-state index in [-0.39, 0.29) is 0 Å². The van der Waals surface area contributed by atoms with E-state index in [0.717, 1.165) is 31.1 Å². The monoisotopic (exact) mass is 279 g/mol. The van der Waals surface area contributed by atoms with Crippen molar-refractivity contribution in [3.05, 3.63) is 40.2 Å². The zero-order valence-corrected chi connectivity index (χ0v) is 12.5. The topological polar surface area (TPSA) is 41.3 Å². The van der Waals surface area contributed by atoms with Crippen LogP contribution < -0.4 is 5.32 Å². The molecule has 0 aliphatic carbocycles. The molecule has 1 N–H and O–H groups in total. The lowest BCUT2D eigenvalue weighted by atomic mass is 10.2. The first-order valence-corrected chi connectivity index (χ1v) is 7.43. The first kappa shape index (κ1) is 14.2. The molecule has 19 heavy (non-hydrogen) atoms. The maximum absolute atomic E-state index is 5.59. The molecule has 0 radical (unpaired) electrons. The highest BCUT2D eigenvalue weighted by molar-refractivity contribution is 7.07. The molecule has 0 amide bonds. The third kappa shape index (κ3) is 4.78. The van der Waals surface area contributed by atoms with Crippen molar-refractivity contribution >= 4 is 11.3 Å². The molecule has 2 rings (SSSR count). The van der Waals surface area contributed by atoms with Crippen molar-refractivity contribution in [1.29, 1.82) is 0 Å². The van der Waals surface area contributed by atoms with E-state index < -0.39 is 0 Å². The molecule has 0 fully saturated rings. The second-order valence-corrected chi connectivity index (χ2v) is 5.83. The van der Waals surface area contributed by atoms with E-state index in [1.54, 1.807) is 11.3 Å². The molecule has 0 unspecified atom stereocenters. The standard InChI is InChI=1S/C14H21N3OS/c1-11(2)15-5-12-4-14(18-8-12)7-17(3)6-13-9-19-10-16-13/h4,8-11,15H,5-7H2,1-3H3. The third-order valence-electron chi connectivity index (χ3n) is 2.76. The SMILES string of the molecule is CC(C)NCc1coc(CN(C)Cc2cscn2)c1. The van der Waals surface area contributed by atoms with Crippen LogP contribution in [0, 0.1) is 0 Å². The first-order chi connectivity index (χ1) is 9.13. The predicted molar refractivity (Wildman–Crippen MR) is 78.0 cm³/mol. The molecule has 0 saturated carbocycles. The summed E-state index contributed by atoms with van der Waals surface area (Å²) in [5.74, 6) is 0.998. The fourth-order valence-corrected chi connectivity index (χ4v) is 2.39. The summed E-state index contributed by atoms with van der Waals surface area (Å²) in [6, 6.07) is 2.61. The van der Waals surface area contributed by atoms with Crippen LogP contribution in [0.4, 0.5) is 0 Å². The van der Waals surface area contributed by atoms with Crippen molar-refractivity contribution in [2.24, 2.45) is 0 Å². The van der Waals surface area contributed by atoms with Crippen LogP contribution >= 0.6 is 11.3 Å². The predicted octanol–water partition coefficient (Wildman–Crippen LogP) is 2.87. The number of nitrogens with one attached hydrogen (secondary N) is 1. The van der Waals surface area contributed by atoms with Gasteiger partial charge in [0.05, 0.1) is 24.0 Å². The number of thiazole rings is 1. The van der Waals surface area contributed by atoms with Crippen LogP contribution in [0.5, 0.6) is 0 Å². The van der Waals surface area contributed by atoms with Gasteiger partial charge in [0.25, 0.3) is 0 Å². The van der Waals surface area contributed by atoms with Crippen LogP contribution in [0.15, 0.2) is 27.6 Å². The Labute approximate surface area is 118 Å². The van der Waals surface area contributed by atoms with Gasteiger partial charge in [0.2, 0.25) is 0 Å². The molecule has 0 aliphatic heterocycles. The molecule has 0 spiro atoms. The maximum Gasteiger partial charge on any atom is 0.118 e. The van der Waals surface area contributed by atoms with Crippen LogP contribution in [0.3, 0.4) is 0 Å². The number of rotatable bonds is 7. The lowest BCUT2D eigenvalue weighted by Crippen LogP contribution is -2.21. The van der Waals surface area contributed by atoms with Gasteiger partial charge in [-0.25, -0.2) is 4.98 Å². The van der Waals surface area contributed by atoms with Gasteiger partial charge < -0.3 is 9.73 Å².